The van der Waals surface area contributed by atoms with E-state index in [1.165, 1.54) is 0 Å². The van der Waals surface area contributed by atoms with Gasteiger partial charge in [-0.2, -0.15) is 0 Å². The third kappa shape index (κ3) is 2.64. The molecular formula is C12H20N2O4S. The Balaban J connectivity index is 1.56. The van der Waals surface area contributed by atoms with Gasteiger partial charge in [-0.1, -0.05) is 0 Å². The van der Waals surface area contributed by atoms with Gasteiger partial charge in [0.05, 0.1) is 18.0 Å². The zero-order valence-electron chi connectivity index (χ0n) is 11.0. The van der Waals surface area contributed by atoms with Crippen LogP contribution in [0.15, 0.2) is 0 Å². The molecule has 2 saturated heterocycles. The van der Waals surface area contributed by atoms with Crippen molar-refractivity contribution in [3.63, 3.8) is 0 Å². The molecule has 7 heteroatoms. The molecule has 0 radical (unpaired) electrons. The highest BCUT2D eigenvalue weighted by atomic mass is 32.2. The number of rotatable bonds is 4. The molecule has 0 spiro atoms. The first kappa shape index (κ1) is 13.3. The molecule has 19 heavy (non-hydrogen) atoms. The molecule has 6 nitrogen and oxygen atoms in total. The average Bonchev–Trinajstić information content (AvgIpc) is 3.00. The van der Waals surface area contributed by atoms with Crippen LogP contribution in [0.5, 0.6) is 0 Å². The summed E-state index contributed by atoms with van der Waals surface area (Å²) in [5, 5.41) is -0.178. The molecule has 108 valence electrons. The van der Waals surface area contributed by atoms with Gasteiger partial charge in [-0.05, 0) is 12.8 Å². The first-order chi connectivity index (χ1) is 8.97. The van der Waals surface area contributed by atoms with Crippen LogP contribution in [0.2, 0.25) is 0 Å². The Bertz CT molecular complexity index is 474. The van der Waals surface area contributed by atoms with E-state index in [1.54, 1.807) is 11.8 Å². The minimum atomic E-state index is -3.12. The second kappa shape index (κ2) is 4.71. The molecule has 1 saturated carbocycles. The molecule has 0 aromatic rings. The Hall–Kier alpha value is -0.660. The molecule has 3 rings (SSSR count). The van der Waals surface area contributed by atoms with E-state index in [2.05, 4.69) is 4.72 Å². The van der Waals surface area contributed by atoms with Crippen molar-refractivity contribution >= 4 is 15.9 Å². The van der Waals surface area contributed by atoms with E-state index in [1.807, 2.05) is 0 Å². The van der Waals surface area contributed by atoms with Crippen molar-refractivity contribution in [2.24, 2.45) is 11.8 Å². The molecule has 3 atom stereocenters. The Morgan fingerprint density at radius 2 is 2.11 bits per heavy atom. The molecule has 1 aliphatic carbocycles. The van der Waals surface area contributed by atoms with E-state index >= 15 is 0 Å². The standard InChI is InChI=1S/C12H20N2O4S/c1-8(15)14-5-11-9(7-18-12(11)6-14)4-13-19(16,17)10-2-3-10/h9-13H,2-7H2,1H3/t9-,11+,12+/m1/s1. The van der Waals surface area contributed by atoms with Gasteiger partial charge in [0.15, 0.2) is 0 Å². The van der Waals surface area contributed by atoms with Crippen LogP contribution < -0.4 is 4.72 Å². The van der Waals surface area contributed by atoms with Crippen LogP contribution in [-0.4, -0.2) is 56.8 Å². The van der Waals surface area contributed by atoms with Crippen molar-refractivity contribution < 1.29 is 17.9 Å². The van der Waals surface area contributed by atoms with Gasteiger partial charge in [0.25, 0.3) is 0 Å². The number of ether oxygens (including phenoxy) is 1. The highest BCUT2D eigenvalue weighted by molar-refractivity contribution is 7.90. The number of carbonyl (C=O) groups excluding carboxylic acids is 1. The second-order valence-electron chi connectivity index (χ2n) is 5.81. The van der Waals surface area contributed by atoms with E-state index in [0.717, 1.165) is 12.8 Å². The van der Waals surface area contributed by atoms with Crippen LogP contribution in [-0.2, 0) is 19.6 Å². The summed E-state index contributed by atoms with van der Waals surface area (Å²) in [6, 6.07) is 0. The topological polar surface area (TPSA) is 75.7 Å². The molecule has 1 N–H and O–H groups in total. The fourth-order valence-corrected chi connectivity index (χ4v) is 4.42. The maximum atomic E-state index is 11.8. The lowest BCUT2D eigenvalue weighted by molar-refractivity contribution is -0.128. The number of hydrogen-bond acceptors (Lipinski definition) is 4. The van der Waals surface area contributed by atoms with Crippen LogP contribution in [0.25, 0.3) is 0 Å². The SMILES string of the molecule is CC(=O)N1C[C@H]2[C@H](CNS(=O)(=O)C3CC3)CO[C@H]2C1. The van der Waals surface area contributed by atoms with E-state index in [-0.39, 0.29) is 29.1 Å². The molecule has 2 aliphatic heterocycles. The quantitative estimate of drug-likeness (QED) is 0.761. The predicted molar refractivity (Wildman–Crippen MR) is 68.9 cm³/mol. The first-order valence-electron chi connectivity index (χ1n) is 6.83. The fourth-order valence-electron chi connectivity index (χ4n) is 2.99. The fraction of sp³-hybridized carbons (Fsp3) is 0.917. The molecule has 1 amide bonds. The van der Waals surface area contributed by atoms with Crippen LogP contribution in [0.4, 0.5) is 0 Å². The van der Waals surface area contributed by atoms with Gasteiger partial charge in [-0.25, -0.2) is 13.1 Å². The minimum absolute atomic E-state index is 0.0651. The average molecular weight is 288 g/mol. The molecule has 0 unspecified atom stereocenters. The summed E-state index contributed by atoms with van der Waals surface area (Å²) in [6.45, 7) is 3.92. The Morgan fingerprint density at radius 3 is 2.74 bits per heavy atom. The van der Waals surface area contributed by atoms with Crippen molar-refractivity contribution in [2.75, 3.05) is 26.2 Å². The number of fused-ring (bicyclic) bond motifs is 1. The molecule has 0 aromatic carbocycles. The van der Waals surface area contributed by atoms with E-state index in [0.29, 0.717) is 26.2 Å². The summed E-state index contributed by atoms with van der Waals surface area (Å²) in [5.41, 5.74) is 0. The summed E-state index contributed by atoms with van der Waals surface area (Å²) in [6.07, 6.45) is 1.64. The number of likely N-dealkylation sites (tertiary alicyclic amines) is 1. The monoisotopic (exact) mass is 288 g/mol. The zero-order chi connectivity index (χ0) is 13.6. The first-order valence-corrected chi connectivity index (χ1v) is 8.37. The lowest BCUT2D eigenvalue weighted by atomic mass is 9.93. The van der Waals surface area contributed by atoms with E-state index < -0.39 is 10.0 Å². The number of hydrogen-bond donors (Lipinski definition) is 1. The van der Waals surface area contributed by atoms with Gasteiger partial charge in [0.1, 0.15) is 0 Å². The number of nitrogens with zero attached hydrogens (tertiary/aromatic N) is 1. The summed E-state index contributed by atoms with van der Waals surface area (Å²) >= 11 is 0. The van der Waals surface area contributed by atoms with Crippen LogP contribution >= 0.6 is 0 Å². The van der Waals surface area contributed by atoms with Gasteiger partial charge in [0.2, 0.25) is 15.9 Å². The molecule has 0 aromatic heterocycles. The number of carbonyl (C=O) groups is 1. The van der Waals surface area contributed by atoms with Crippen molar-refractivity contribution in [3.8, 4) is 0 Å². The van der Waals surface area contributed by atoms with Gasteiger partial charge in [-0.15, -0.1) is 0 Å². The van der Waals surface area contributed by atoms with Crippen molar-refractivity contribution in [2.45, 2.75) is 31.1 Å². The maximum Gasteiger partial charge on any atom is 0.219 e. The van der Waals surface area contributed by atoms with Gasteiger partial charge >= 0.3 is 0 Å². The lowest BCUT2D eigenvalue weighted by Crippen LogP contribution is -2.36. The lowest BCUT2D eigenvalue weighted by Gasteiger charge is -2.18. The van der Waals surface area contributed by atoms with Crippen LogP contribution in [0.1, 0.15) is 19.8 Å². The van der Waals surface area contributed by atoms with Crippen LogP contribution in [0.3, 0.4) is 0 Å². The molecule has 2 heterocycles. The van der Waals surface area contributed by atoms with Crippen molar-refractivity contribution in [1.82, 2.24) is 9.62 Å². The van der Waals surface area contributed by atoms with Gasteiger partial charge in [0, 0.05) is 38.4 Å². The predicted octanol–water partition coefficient (Wildman–Crippen LogP) is -0.438. The summed E-state index contributed by atoms with van der Waals surface area (Å²) in [4.78, 5) is 13.1. The van der Waals surface area contributed by atoms with Gasteiger partial charge < -0.3 is 9.64 Å². The third-order valence-electron chi connectivity index (χ3n) is 4.39. The highest BCUT2D eigenvalue weighted by Crippen LogP contribution is 2.34. The third-order valence-corrected chi connectivity index (χ3v) is 6.31. The number of sulfonamides is 1. The summed E-state index contributed by atoms with van der Waals surface area (Å²) in [5.74, 6) is 0.518. The Kier molecular flexibility index (Phi) is 3.31. The summed E-state index contributed by atoms with van der Waals surface area (Å²) in [7, 11) is -3.12. The molecule has 3 aliphatic rings. The second-order valence-corrected chi connectivity index (χ2v) is 7.86. The summed E-state index contributed by atoms with van der Waals surface area (Å²) < 4.78 is 32.0. The Morgan fingerprint density at radius 1 is 1.37 bits per heavy atom. The van der Waals surface area contributed by atoms with Crippen molar-refractivity contribution in [1.29, 1.82) is 0 Å². The zero-order valence-corrected chi connectivity index (χ0v) is 11.9. The number of amides is 1. The Labute approximate surface area is 113 Å². The maximum absolute atomic E-state index is 11.8. The van der Waals surface area contributed by atoms with E-state index in [4.69, 9.17) is 4.74 Å². The van der Waals surface area contributed by atoms with Crippen LogP contribution in [0, 0.1) is 11.8 Å². The smallest absolute Gasteiger partial charge is 0.219 e. The highest BCUT2D eigenvalue weighted by Gasteiger charge is 2.45. The van der Waals surface area contributed by atoms with E-state index in [9.17, 15) is 13.2 Å². The minimum Gasteiger partial charge on any atom is -0.376 e. The van der Waals surface area contributed by atoms with Crippen molar-refractivity contribution in [3.05, 3.63) is 0 Å². The molecular weight excluding hydrogens is 268 g/mol. The number of nitrogens with one attached hydrogen (secondary N) is 1. The normalized spacial score (nSPS) is 34.6. The molecule has 0 bridgehead atoms. The molecule has 3 fully saturated rings. The van der Waals surface area contributed by atoms with Gasteiger partial charge in [-0.3, -0.25) is 4.79 Å². The largest absolute Gasteiger partial charge is 0.376 e.